The highest BCUT2D eigenvalue weighted by Gasteiger charge is 2.46. The van der Waals surface area contributed by atoms with E-state index in [0.717, 1.165) is 47.9 Å². The molecule has 19 nitrogen and oxygen atoms in total. The minimum absolute atomic E-state index is 0.0817. The Morgan fingerprint density at radius 2 is 1.51 bits per heavy atom. The van der Waals surface area contributed by atoms with Crippen LogP contribution in [0.3, 0.4) is 0 Å². The minimum atomic E-state index is -1.24. The second kappa shape index (κ2) is 22.8. The maximum absolute atomic E-state index is 14.7. The third-order valence-electron chi connectivity index (χ3n) is 15.0. The van der Waals surface area contributed by atoms with Gasteiger partial charge in [0.15, 0.2) is 0 Å². The molecule has 74 heavy (non-hydrogen) atoms. The molecule has 1 aliphatic carbocycles. The van der Waals surface area contributed by atoms with Crippen LogP contribution in [0.15, 0.2) is 83.7 Å². The molecule has 4 aromatic rings. The first kappa shape index (κ1) is 53.0. The number of imide groups is 1. The van der Waals surface area contributed by atoms with Gasteiger partial charge in [-0.15, -0.1) is 0 Å². The summed E-state index contributed by atoms with van der Waals surface area (Å²) in [6, 6.07) is 19.5. The summed E-state index contributed by atoms with van der Waals surface area (Å²) in [5, 5.41) is 11.0. The highest BCUT2D eigenvalue weighted by atomic mass is 16.6. The number of carbonyl (C=O) groups excluding carboxylic acids is 8. The van der Waals surface area contributed by atoms with Gasteiger partial charge in [0.2, 0.25) is 41.4 Å². The molecule has 4 fully saturated rings. The van der Waals surface area contributed by atoms with Crippen LogP contribution >= 0.6 is 0 Å². The van der Waals surface area contributed by atoms with Gasteiger partial charge in [-0.25, -0.2) is 9.59 Å². The van der Waals surface area contributed by atoms with Gasteiger partial charge in [-0.3, -0.25) is 48.0 Å². The molecule has 1 unspecified atom stereocenters. The molecule has 3 aliphatic heterocycles. The Morgan fingerprint density at radius 1 is 0.824 bits per heavy atom. The number of alkyl carbamates (subject to hydrolysis) is 1. The van der Waals surface area contributed by atoms with Gasteiger partial charge in [-0.05, 0) is 113 Å². The topological polar surface area (TPSA) is 253 Å². The molecule has 0 radical (unpaired) electrons. The van der Waals surface area contributed by atoms with E-state index in [1.54, 1.807) is 37.3 Å². The number of fused-ring (bicyclic) bond motifs is 2. The molecule has 1 saturated carbocycles. The van der Waals surface area contributed by atoms with E-state index in [0.29, 0.717) is 36.6 Å². The third kappa shape index (κ3) is 12.4. The zero-order chi connectivity index (χ0) is 52.8. The number of aromatic nitrogens is 2. The molecular weight excluding hydrogens is 947 g/mol. The Labute approximate surface area is 430 Å². The van der Waals surface area contributed by atoms with Crippen LogP contribution in [0.1, 0.15) is 139 Å². The lowest BCUT2D eigenvalue weighted by Crippen LogP contribution is -2.62. The summed E-state index contributed by atoms with van der Waals surface area (Å²) in [6.45, 7) is 5.26. The van der Waals surface area contributed by atoms with Gasteiger partial charge < -0.3 is 36.2 Å². The number of ether oxygens (including phenoxy) is 1. The summed E-state index contributed by atoms with van der Waals surface area (Å²) in [6.07, 6.45) is 5.02. The molecule has 0 bridgehead atoms. The molecule has 3 saturated heterocycles. The molecule has 5 atom stereocenters. The first-order valence-corrected chi connectivity index (χ1v) is 26.0. The summed E-state index contributed by atoms with van der Waals surface area (Å²) in [7, 11) is 1.69. The van der Waals surface area contributed by atoms with Crippen molar-refractivity contribution in [3.63, 3.8) is 0 Å². The van der Waals surface area contributed by atoms with Crippen LogP contribution in [0, 0.1) is 5.92 Å². The minimum Gasteiger partial charge on any atom is -0.444 e. The largest absolute Gasteiger partial charge is 0.444 e. The van der Waals surface area contributed by atoms with Gasteiger partial charge in [0.05, 0.1) is 23.6 Å². The van der Waals surface area contributed by atoms with Crippen molar-refractivity contribution in [1.82, 2.24) is 40.2 Å². The van der Waals surface area contributed by atoms with E-state index in [9.17, 15) is 43.2 Å². The Morgan fingerprint density at radius 3 is 2.16 bits per heavy atom. The van der Waals surface area contributed by atoms with Crippen molar-refractivity contribution < 1.29 is 43.1 Å². The number of primary amides is 1. The lowest BCUT2D eigenvalue weighted by atomic mass is 9.69. The second-order valence-electron chi connectivity index (χ2n) is 21.4. The fraction of sp³-hybridized carbons (Fsp3) is 0.509. The van der Waals surface area contributed by atoms with Crippen LogP contribution in [0.25, 0.3) is 11.0 Å². The molecule has 0 spiro atoms. The summed E-state index contributed by atoms with van der Waals surface area (Å²) in [5.41, 5.74) is 8.47. The smallest absolute Gasteiger partial charge is 0.408 e. The summed E-state index contributed by atoms with van der Waals surface area (Å²) >= 11 is 0. The van der Waals surface area contributed by atoms with Crippen molar-refractivity contribution >= 4 is 58.5 Å². The predicted molar refractivity (Wildman–Crippen MR) is 274 cm³/mol. The van der Waals surface area contributed by atoms with Crippen molar-refractivity contribution in [2.24, 2.45) is 18.7 Å². The van der Waals surface area contributed by atoms with Gasteiger partial charge in [-0.2, -0.15) is 0 Å². The number of hydrogen-bond acceptors (Lipinski definition) is 10. The molecular formula is C55H69N9O10. The fourth-order valence-electron chi connectivity index (χ4n) is 11.1. The fourth-order valence-corrected chi connectivity index (χ4v) is 11.1. The van der Waals surface area contributed by atoms with Crippen molar-refractivity contribution in [1.29, 1.82) is 0 Å². The molecule has 4 aliphatic rings. The maximum Gasteiger partial charge on any atom is 0.408 e. The Kier molecular flexibility index (Phi) is 16.4. The van der Waals surface area contributed by atoms with Gasteiger partial charge in [0, 0.05) is 38.9 Å². The molecule has 394 valence electrons. The predicted octanol–water partition coefficient (Wildman–Crippen LogP) is 4.51. The number of nitrogens with zero attached hydrogens (tertiary/aromatic N) is 4. The summed E-state index contributed by atoms with van der Waals surface area (Å²) < 4.78 is 8.59. The van der Waals surface area contributed by atoms with E-state index in [1.165, 1.54) is 9.47 Å². The number of imidazole rings is 1. The number of nitrogens with one attached hydrogen (secondary N) is 4. The van der Waals surface area contributed by atoms with Crippen LogP contribution in [-0.2, 0) is 45.3 Å². The molecule has 6 N–H and O–H groups in total. The van der Waals surface area contributed by atoms with Gasteiger partial charge in [0.25, 0.3) is 0 Å². The Bertz CT molecular complexity index is 2780. The molecule has 19 heteroatoms. The number of benzene rings is 3. The first-order chi connectivity index (χ1) is 35.3. The monoisotopic (exact) mass is 1020 g/mol. The third-order valence-corrected chi connectivity index (χ3v) is 15.0. The number of amides is 8. The zero-order valence-electron chi connectivity index (χ0n) is 42.7. The van der Waals surface area contributed by atoms with Crippen LogP contribution < -0.4 is 32.7 Å². The summed E-state index contributed by atoms with van der Waals surface area (Å²) in [5.74, 6) is -2.48. The van der Waals surface area contributed by atoms with E-state index >= 15 is 0 Å². The quantitative estimate of drug-likeness (QED) is 0.0731. The van der Waals surface area contributed by atoms with Crippen molar-refractivity contribution in [2.75, 3.05) is 13.1 Å². The second-order valence-corrected chi connectivity index (χ2v) is 21.4. The number of carbonyl (C=O) groups is 8. The molecule has 3 aromatic carbocycles. The van der Waals surface area contributed by atoms with Crippen molar-refractivity contribution in [3.8, 4) is 0 Å². The van der Waals surface area contributed by atoms with E-state index in [4.69, 9.17) is 10.5 Å². The Hall–Kier alpha value is -7.31. The Balaban J connectivity index is 0.881. The number of unbranched alkanes of at least 4 members (excludes halogenated alkanes) is 1. The van der Waals surface area contributed by atoms with E-state index < -0.39 is 77.5 Å². The SMILES string of the molecule is Cn1c(=O)n(C2CCC(=O)NC2=O)c2ccc(C3CC(CCCCC(=O)N4CC[C@H]5CC[C@@H](C(=O)N[C@@H](CCC(N)=O)C(=O)NC(c6ccccc6)c6ccccc6)N5C(=O)[C@@H](NC(=O)OC(C)(C)C)C4)C3)cc21. The highest BCUT2D eigenvalue weighted by Crippen LogP contribution is 2.45. The van der Waals surface area contributed by atoms with E-state index in [-0.39, 0.29) is 69.1 Å². The van der Waals surface area contributed by atoms with Gasteiger partial charge in [0.1, 0.15) is 29.8 Å². The number of aryl methyl sites for hydroxylation is 1. The van der Waals surface area contributed by atoms with E-state index in [1.807, 2.05) is 78.9 Å². The number of hydrogen-bond donors (Lipinski definition) is 5. The number of rotatable bonds is 17. The average Bonchev–Trinajstić information content (AvgIpc) is 3.88. The summed E-state index contributed by atoms with van der Waals surface area (Å²) in [4.78, 5) is 123. The number of piperidine rings is 1. The highest BCUT2D eigenvalue weighted by molar-refractivity contribution is 6.00. The first-order valence-electron chi connectivity index (χ1n) is 26.0. The van der Waals surface area contributed by atoms with Crippen molar-refractivity contribution in [2.45, 2.75) is 152 Å². The van der Waals surface area contributed by atoms with Gasteiger partial charge in [-0.1, -0.05) is 79.6 Å². The normalized spacial score (nSPS) is 22.5. The van der Waals surface area contributed by atoms with Crippen LogP contribution in [-0.4, -0.2) is 109 Å². The average molecular weight is 1020 g/mol. The number of nitrogens with two attached hydrogens (primary N) is 1. The van der Waals surface area contributed by atoms with Crippen LogP contribution in [0.5, 0.6) is 0 Å². The lowest BCUT2D eigenvalue weighted by molar-refractivity contribution is -0.146. The molecule has 8 amide bonds. The molecule has 1 aromatic heterocycles. The zero-order valence-corrected chi connectivity index (χ0v) is 42.7. The molecule has 4 heterocycles. The van der Waals surface area contributed by atoms with Gasteiger partial charge >= 0.3 is 11.8 Å². The van der Waals surface area contributed by atoms with Crippen molar-refractivity contribution in [3.05, 3.63) is 106 Å². The van der Waals surface area contributed by atoms with Crippen LogP contribution in [0.2, 0.25) is 0 Å². The molecule has 8 rings (SSSR count). The standard InChI is InChI=1S/C55H69N9O10/c1-55(2,3)74-53(72)58-40-32-62(47(67)18-12-11-13-33-29-37(30-33)36-19-22-41-44(31-36)61(4)54(73)64(41)43-24-26-46(66)59-51(43)70)28-27-38-20-23-42(63(38)52(40)71)50(69)57-39(21-25-45(56)65)49(68)60-48(34-14-7-5-8-15-34)35-16-9-6-10-17-35/h5-10,14-17,19,22,31,33,37-40,42-43,48H,11-13,18,20-21,23-30,32H2,1-4H3,(H2,56,65)(H,57,69)(H,58,72)(H,60,68)(H,59,66,70)/t33?,37?,38-,39+,40+,42+,43?/m1/s1. The lowest BCUT2D eigenvalue weighted by Gasteiger charge is -2.39. The maximum atomic E-state index is 14.7. The van der Waals surface area contributed by atoms with Crippen LogP contribution in [0.4, 0.5) is 4.79 Å². The van der Waals surface area contributed by atoms with E-state index in [2.05, 4.69) is 21.3 Å².